The number of nitrogens with zero attached hydrogens (tertiary/aromatic N) is 3. The molecule has 1 saturated heterocycles. The van der Waals surface area contributed by atoms with E-state index >= 15 is 0 Å². The zero-order chi connectivity index (χ0) is 20.4. The topological polar surface area (TPSA) is 75.2 Å². The van der Waals surface area contributed by atoms with Crippen LogP contribution in [0.2, 0.25) is 0 Å². The van der Waals surface area contributed by atoms with E-state index in [0.717, 1.165) is 18.4 Å². The molecule has 0 aliphatic carbocycles. The molecule has 8 heteroatoms. The summed E-state index contributed by atoms with van der Waals surface area (Å²) in [5.74, 6) is -0.824. The van der Waals surface area contributed by atoms with E-state index < -0.39 is 5.91 Å². The molecule has 1 aromatic heterocycles. The lowest BCUT2D eigenvalue weighted by Crippen LogP contribution is -2.30. The summed E-state index contributed by atoms with van der Waals surface area (Å²) in [7, 11) is 0. The van der Waals surface area contributed by atoms with Crippen LogP contribution in [0.15, 0.2) is 48.5 Å². The average Bonchev–Trinajstić information content (AvgIpc) is 3.39. The molecule has 1 aliphatic heterocycles. The van der Waals surface area contributed by atoms with E-state index in [4.69, 9.17) is 0 Å². The number of hydrogen-bond acceptors (Lipinski definition) is 5. The van der Waals surface area contributed by atoms with E-state index in [0.29, 0.717) is 22.8 Å². The van der Waals surface area contributed by atoms with Gasteiger partial charge in [0.1, 0.15) is 10.8 Å². The summed E-state index contributed by atoms with van der Waals surface area (Å²) in [5, 5.41) is 11.7. The smallest absolute Gasteiger partial charge is 0.286 e. The zero-order valence-corrected chi connectivity index (χ0v) is 16.6. The summed E-state index contributed by atoms with van der Waals surface area (Å²) >= 11 is 1.18. The molecule has 2 aromatic carbocycles. The number of anilines is 1. The van der Waals surface area contributed by atoms with Crippen molar-refractivity contribution in [2.45, 2.75) is 25.8 Å². The number of hydrogen-bond donors (Lipinski definition) is 1. The van der Waals surface area contributed by atoms with Crippen molar-refractivity contribution in [2.75, 3.05) is 11.9 Å². The minimum Gasteiger partial charge on any atom is -0.329 e. The van der Waals surface area contributed by atoms with Crippen molar-refractivity contribution < 1.29 is 14.0 Å². The van der Waals surface area contributed by atoms with Crippen LogP contribution in [0, 0.1) is 12.7 Å². The second kappa shape index (κ2) is 8.08. The van der Waals surface area contributed by atoms with Gasteiger partial charge in [0.2, 0.25) is 5.01 Å². The Morgan fingerprint density at radius 2 is 1.83 bits per heavy atom. The third-order valence-electron chi connectivity index (χ3n) is 4.83. The molecule has 0 unspecified atom stereocenters. The Hall–Kier alpha value is -3.13. The van der Waals surface area contributed by atoms with Crippen LogP contribution in [0.3, 0.4) is 0 Å². The maximum absolute atomic E-state index is 13.0. The van der Waals surface area contributed by atoms with Gasteiger partial charge in [0, 0.05) is 17.8 Å². The number of nitrogens with one attached hydrogen (secondary N) is 1. The largest absolute Gasteiger partial charge is 0.329 e. The Bertz CT molecular complexity index is 1030. The predicted molar refractivity (Wildman–Crippen MR) is 108 cm³/mol. The summed E-state index contributed by atoms with van der Waals surface area (Å²) in [5.41, 5.74) is 2.21. The maximum Gasteiger partial charge on any atom is 0.286 e. The van der Waals surface area contributed by atoms with Crippen LogP contribution in [0.4, 0.5) is 10.1 Å². The van der Waals surface area contributed by atoms with Crippen LogP contribution in [0.5, 0.6) is 0 Å². The van der Waals surface area contributed by atoms with E-state index in [1.54, 1.807) is 4.90 Å². The molecule has 1 atom stereocenters. The van der Waals surface area contributed by atoms with Crippen LogP contribution in [0.1, 0.15) is 49.6 Å². The van der Waals surface area contributed by atoms with Crippen LogP contribution >= 0.6 is 11.3 Å². The van der Waals surface area contributed by atoms with Crippen molar-refractivity contribution in [3.63, 3.8) is 0 Å². The van der Waals surface area contributed by atoms with E-state index in [1.165, 1.54) is 35.6 Å². The monoisotopic (exact) mass is 410 g/mol. The van der Waals surface area contributed by atoms with Crippen LogP contribution < -0.4 is 5.32 Å². The Kier molecular flexibility index (Phi) is 5.35. The summed E-state index contributed by atoms with van der Waals surface area (Å²) < 4.78 is 13.0. The first kappa shape index (κ1) is 19.2. The van der Waals surface area contributed by atoms with E-state index in [1.807, 2.05) is 31.2 Å². The fourth-order valence-corrected chi connectivity index (χ4v) is 4.19. The quantitative estimate of drug-likeness (QED) is 0.699. The van der Waals surface area contributed by atoms with Crippen molar-refractivity contribution in [1.82, 2.24) is 15.1 Å². The number of carbonyl (C=O) groups is 2. The highest BCUT2D eigenvalue weighted by Gasteiger charge is 2.33. The number of benzene rings is 2. The van der Waals surface area contributed by atoms with Crippen LogP contribution in [-0.4, -0.2) is 33.5 Å². The van der Waals surface area contributed by atoms with Gasteiger partial charge in [-0.2, -0.15) is 0 Å². The summed E-state index contributed by atoms with van der Waals surface area (Å²) in [4.78, 5) is 27.1. The lowest BCUT2D eigenvalue weighted by molar-refractivity contribution is 0.0735. The van der Waals surface area contributed by atoms with Gasteiger partial charge >= 0.3 is 0 Å². The number of amides is 2. The zero-order valence-electron chi connectivity index (χ0n) is 15.8. The molecule has 1 fully saturated rings. The molecule has 0 spiro atoms. The molecule has 1 aliphatic rings. The third-order valence-corrected chi connectivity index (χ3v) is 5.86. The number of rotatable bonds is 4. The van der Waals surface area contributed by atoms with Gasteiger partial charge < -0.3 is 10.2 Å². The summed E-state index contributed by atoms with van der Waals surface area (Å²) in [6.45, 7) is 2.63. The maximum atomic E-state index is 13.0. The molecule has 2 amide bonds. The Morgan fingerprint density at radius 3 is 2.55 bits per heavy atom. The van der Waals surface area contributed by atoms with Gasteiger partial charge in [0.15, 0.2) is 0 Å². The second-order valence-electron chi connectivity index (χ2n) is 6.93. The fourth-order valence-electron chi connectivity index (χ4n) is 3.31. The number of carbonyl (C=O) groups excluding carboxylic acids is 2. The van der Waals surface area contributed by atoms with E-state index in [-0.39, 0.29) is 22.8 Å². The first-order valence-corrected chi connectivity index (χ1v) is 10.1. The summed E-state index contributed by atoms with van der Waals surface area (Å²) in [6.07, 6.45) is 1.66. The van der Waals surface area contributed by atoms with Gasteiger partial charge in [-0.15, -0.1) is 10.2 Å². The van der Waals surface area contributed by atoms with Crippen molar-refractivity contribution >= 4 is 28.8 Å². The molecule has 3 aromatic rings. The fraction of sp³-hybridized carbons (Fsp3) is 0.238. The van der Waals surface area contributed by atoms with Gasteiger partial charge in [-0.05, 0) is 56.2 Å². The van der Waals surface area contributed by atoms with Gasteiger partial charge in [-0.1, -0.05) is 29.0 Å². The lowest BCUT2D eigenvalue weighted by Gasteiger charge is -2.22. The normalized spacial score (nSPS) is 16.1. The molecule has 4 rings (SSSR count). The van der Waals surface area contributed by atoms with Gasteiger partial charge in [-0.3, -0.25) is 9.59 Å². The van der Waals surface area contributed by atoms with Crippen LogP contribution in [0.25, 0.3) is 0 Å². The van der Waals surface area contributed by atoms with Crippen molar-refractivity contribution in [2.24, 2.45) is 0 Å². The number of halogens is 1. The first-order valence-electron chi connectivity index (χ1n) is 9.29. The molecule has 6 nitrogen and oxygen atoms in total. The standard InChI is InChI=1S/C21H19FN4O2S/c1-13-4-6-14(7-5-13)21(28)26-12-2-3-17(26)19-24-25-20(29-19)18(27)23-16-10-8-15(22)9-11-16/h4-11,17H,2-3,12H2,1H3,(H,23,27)/t17-/m1/s1. The highest BCUT2D eigenvalue weighted by atomic mass is 32.1. The molecule has 29 heavy (non-hydrogen) atoms. The van der Waals surface area contributed by atoms with Gasteiger partial charge in [0.25, 0.3) is 11.8 Å². The van der Waals surface area contributed by atoms with Gasteiger partial charge in [-0.25, -0.2) is 4.39 Å². The van der Waals surface area contributed by atoms with Gasteiger partial charge in [0.05, 0.1) is 6.04 Å². The second-order valence-corrected chi connectivity index (χ2v) is 7.94. The highest BCUT2D eigenvalue weighted by molar-refractivity contribution is 7.13. The molecule has 148 valence electrons. The predicted octanol–water partition coefficient (Wildman–Crippen LogP) is 4.22. The minimum absolute atomic E-state index is 0.0417. The molecule has 1 N–H and O–H groups in total. The van der Waals surface area contributed by atoms with Crippen molar-refractivity contribution in [3.8, 4) is 0 Å². The SMILES string of the molecule is Cc1ccc(C(=O)N2CCC[C@@H]2c2nnc(C(=O)Nc3ccc(F)cc3)s2)cc1. The molecular weight excluding hydrogens is 391 g/mol. The molecule has 0 bridgehead atoms. The minimum atomic E-state index is -0.408. The van der Waals surface area contributed by atoms with Crippen molar-refractivity contribution in [3.05, 3.63) is 75.5 Å². The Morgan fingerprint density at radius 1 is 1.10 bits per heavy atom. The third kappa shape index (κ3) is 4.17. The average molecular weight is 410 g/mol. The molecular formula is C21H19FN4O2S. The summed E-state index contributed by atoms with van der Waals surface area (Å²) in [6, 6.07) is 12.8. The Balaban J connectivity index is 1.49. The lowest BCUT2D eigenvalue weighted by atomic mass is 10.1. The molecule has 0 radical (unpaired) electrons. The number of likely N-dealkylation sites (tertiary alicyclic amines) is 1. The number of aryl methyl sites for hydroxylation is 1. The van der Waals surface area contributed by atoms with E-state index in [9.17, 15) is 14.0 Å². The first-order chi connectivity index (χ1) is 14.0. The van der Waals surface area contributed by atoms with Crippen molar-refractivity contribution in [1.29, 1.82) is 0 Å². The number of aromatic nitrogens is 2. The van der Waals surface area contributed by atoms with Crippen LogP contribution in [-0.2, 0) is 0 Å². The molecule has 2 heterocycles. The highest BCUT2D eigenvalue weighted by Crippen LogP contribution is 2.34. The molecule has 0 saturated carbocycles. The Labute approximate surface area is 171 Å². The van der Waals surface area contributed by atoms with E-state index in [2.05, 4.69) is 15.5 Å².